The smallest absolute Gasteiger partial charge is 0.166 e. The highest BCUT2D eigenvalue weighted by molar-refractivity contribution is 6.33. The minimum Gasteiger partial charge on any atom is -0.309 e. The Balaban J connectivity index is 1.27. The van der Waals surface area contributed by atoms with Crippen molar-refractivity contribution in [2.45, 2.75) is 0 Å². The highest BCUT2D eigenvalue weighted by atomic mass is 15.0. The quantitative estimate of drug-likeness (QED) is 0.175. The summed E-state index contributed by atoms with van der Waals surface area (Å²) in [5.74, 6) is 1.91. The van der Waals surface area contributed by atoms with Crippen LogP contribution in [0.3, 0.4) is 0 Å². The van der Waals surface area contributed by atoms with Gasteiger partial charge in [-0.1, -0.05) is 152 Å². The number of para-hydroxylation sites is 3. The Bertz CT molecular complexity index is 3220. The summed E-state index contributed by atoms with van der Waals surface area (Å²) in [6.45, 7) is 0. The summed E-state index contributed by atoms with van der Waals surface area (Å²) in [7, 11) is 0. The fraction of sp³-hybridized carbons (Fsp3) is 0. The predicted octanol–water partition coefficient (Wildman–Crippen LogP) is 12.6. The van der Waals surface area contributed by atoms with Crippen LogP contribution in [0.15, 0.2) is 182 Å². The molecule has 246 valence electrons. The van der Waals surface area contributed by atoms with Gasteiger partial charge < -0.3 is 4.57 Å². The first-order valence-corrected chi connectivity index (χ1v) is 18.0. The lowest BCUT2D eigenvalue weighted by atomic mass is 9.89. The molecule has 0 fully saturated rings. The second kappa shape index (κ2) is 11.7. The summed E-state index contributed by atoms with van der Waals surface area (Å²) in [6.07, 6.45) is 0. The molecule has 0 unspecified atom stereocenters. The number of hydrogen-bond donors (Lipinski definition) is 0. The third-order valence-corrected chi connectivity index (χ3v) is 10.6. The molecule has 11 aromatic rings. The van der Waals surface area contributed by atoms with Gasteiger partial charge in [-0.25, -0.2) is 15.0 Å². The number of aromatic nitrogens is 4. The summed E-state index contributed by atoms with van der Waals surface area (Å²) < 4.78 is 2.34. The second-order valence-electron chi connectivity index (χ2n) is 13.5. The molecule has 2 heterocycles. The summed E-state index contributed by atoms with van der Waals surface area (Å²) in [5, 5.41) is 12.0. The fourth-order valence-electron chi connectivity index (χ4n) is 8.33. The van der Waals surface area contributed by atoms with Crippen LogP contribution >= 0.6 is 0 Å². The van der Waals surface area contributed by atoms with Crippen LogP contribution in [0.1, 0.15) is 0 Å². The highest BCUT2D eigenvalue weighted by Crippen LogP contribution is 2.43. The van der Waals surface area contributed by atoms with Crippen LogP contribution in [0.5, 0.6) is 0 Å². The van der Waals surface area contributed by atoms with E-state index in [0.717, 1.165) is 44.2 Å². The largest absolute Gasteiger partial charge is 0.309 e. The molecule has 11 rings (SSSR count). The molecular formula is C49H30N4. The lowest BCUT2D eigenvalue weighted by Gasteiger charge is -2.16. The van der Waals surface area contributed by atoms with Gasteiger partial charge in [-0.05, 0) is 73.4 Å². The Morgan fingerprint density at radius 3 is 1.53 bits per heavy atom. The van der Waals surface area contributed by atoms with Gasteiger partial charge in [-0.2, -0.15) is 0 Å². The summed E-state index contributed by atoms with van der Waals surface area (Å²) in [6, 6.07) is 64.3. The van der Waals surface area contributed by atoms with Crippen molar-refractivity contribution in [2.75, 3.05) is 0 Å². The van der Waals surface area contributed by atoms with Crippen LogP contribution in [-0.2, 0) is 0 Å². The lowest BCUT2D eigenvalue weighted by molar-refractivity contribution is 1.07. The van der Waals surface area contributed by atoms with E-state index in [1.54, 1.807) is 0 Å². The number of hydrogen-bond acceptors (Lipinski definition) is 3. The summed E-state index contributed by atoms with van der Waals surface area (Å²) >= 11 is 0. The van der Waals surface area contributed by atoms with Crippen molar-refractivity contribution < 1.29 is 0 Å². The van der Waals surface area contributed by atoms with Gasteiger partial charge in [-0.15, -0.1) is 0 Å². The number of benzene rings is 9. The minimum atomic E-state index is 0.631. The Morgan fingerprint density at radius 1 is 0.321 bits per heavy atom. The van der Waals surface area contributed by atoms with Crippen molar-refractivity contribution in [2.24, 2.45) is 0 Å². The molecule has 0 radical (unpaired) electrons. The van der Waals surface area contributed by atoms with Crippen molar-refractivity contribution in [1.29, 1.82) is 0 Å². The van der Waals surface area contributed by atoms with Gasteiger partial charge in [-0.3, -0.25) is 0 Å². The number of fused-ring (bicyclic) bond motifs is 11. The molecule has 4 nitrogen and oxygen atoms in total. The molecule has 0 aliphatic rings. The first-order chi connectivity index (χ1) is 26.3. The summed E-state index contributed by atoms with van der Waals surface area (Å²) in [5.41, 5.74) is 6.16. The normalized spacial score (nSPS) is 11.8. The SMILES string of the molecule is c1ccc(-c2nc(-c3cc4c5ccccc5c5ccccc5c4c4ccccc34)nc(-c3cccc4c5ccccc5n(-c5ccccc5)c34)n2)cc1. The zero-order valence-corrected chi connectivity index (χ0v) is 28.6. The maximum atomic E-state index is 5.42. The van der Waals surface area contributed by atoms with E-state index >= 15 is 0 Å². The van der Waals surface area contributed by atoms with E-state index in [1.165, 1.54) is 43.1 Å². The molecule has 0 spiro atoms. The van der Waals surface area contributed by atoms with Crippen LogP contribution in [0.2, 0.25) is 0 Å². The maximum absolute atomic E-state index is 5.42. The van der Waals surface area contributed by atoms with Crippen molar-refractivity contribution >= 4 is 64.9 Å². The van der Waals surface area contributed by atoms with Gasteiger partial charge in [0.05, 0.1) is 11.0 Å². The zero-order valence-electron chi connectivity index (χ0n) is 28.6. The fourth-order valence-corrected chi connectivity index (χ4v) is 8.33. The van der Waals surface area contributed by atoms with Crippen LogP contribution in [0, 0.1) is 0 Å². The molecule has 4 heteroatoms. The molecular weight excluding hydrogens is 645 g/mol. The first kappa shape index (κ1) is 29.5. The van der Waals surface area contributed by atoms with E-state index in [9.17, 15) is 0 Å². The average molecular weight is 675 g/mol. The molecule has 0 aliphatic heterocycles. The van der Waals surface area contributed by atoms with Crippen molar-refractivity contribution in [3.63, 3.8) is 0 Å². The molecule has 9 aromatic carbocycles. The second-order valence-corrected chi connectivity index (χ2v) is 13.5. The number of rotatable bonds is 4. The van der Waals surface area contributed by atoms with Gasteiger partial charge in [0.15, 0.2) is 17.5 Å². The standard InChI is InChI=1S/C49H30N4/c1-3-16-31(17-4-1)47-50-48(41-28-15-27-40-37-24-13-14-29-44(37)53(46(40)41)32-18-5-2-6-19-32)52-49(51-47)43-30-42-35-22-8-7-20-33(35)34-21-9-11-25-38(34)45(42)39-26-12-10-23-36(39)43/h1-30H. The Hall–Kier alpha value is -7.17. The minimum absolute atomic E-state index is 0.631. The Morgan fingerprint density at radius 2 is 0.811 bits per heavy atom. The Kier molecular flexibility index (Phi) is 6.52. The van der Waals surface area contributed by atoms with Crippen LogP contribution in [0.4, 0.5) is 0 Å². The van der Waals surface area contributed by atoms with Crippen LogP contribution in [0.25, 0.3) is 105 Å². The average Bonchev–Trinajstić information content (AvgIpc) is 3.58. The third kappa shape index (κ3) is 4.52. The monoisotopic (exact) mass is 674 g/mol. The van der Waals surface area contributed by atoms with Gasteiger partial charge >= 0.3 is 0 Å². The molecule has 0 aliphatic carbocycles. The van der Waals surface area contributed by atoms with E-state index < -0.39 is 0 Å². The maximum Gasteiger partial charge on any atom is 0.166 e. The first-order valence-electron chi connectivity index (χ1n) is 18.0. The van der Waals surface area contributed by atoms with Crippen molar-refractivity contribution in [3.05, 3.63) is 182 Å². The molecule has 0 saturated heterocycles. The van der Waals surface area contributed by atoms with Crippen molar-refractivity contribution in [3.8, 4) is 39.9 Å². The van der Waals surface area contributed by atoms with Gasteiger partial charge in [0.25, 0.3) is 0 Å². The number of nitrogens with zero attached hydrogens (tertiary/aromatic N) is 4. The molecule has 0 saturated carbocycles. The van der Waals surface area contributed by atoms with Gasteiger partial charge in [0.1, 0.15) is 0 Å². The molecule has 0 N–H and O–H groups in total. The van der Waals surface area contributed by atoms with Gasteiger partial charge in [0, 0.05) is 33.2 Å². The Labute approximate surface area is 305 Å². The molecule has 53 heavy (non-hydrogen) atoms. The van der Waals surface area contributed by atoms with Crippen molar-refractivity contribution in [1.82, 2.24) is 19.5 Å². The highest BCUT2D eigenvalue weighted by Gasteiger charge is 2.22. The van der Waals surface area contributed by atoms with Crippen LogP contribution in [-0.4, -0.2) is 19.5 Å². The van der Waals surface area contributed by atoms with E-state index in [1.807, 2.05) is 18.2 Å². The van der Waals surface area contributed by atoms with E-state index in [2.05, 4.69) is 168 Å². The van der Waals surface area contributed by atoms with Crippen LogP contribution < -0.4 is 0 Å². The predicted molar refractivity (Wildman–Crippen MR) is 220 cm³/mol. The van der Waals surface area contributed by atoms with E-state index in [0.29, 0.717) is 17.5 Å². The van der Waals surface area contributed by atoms with E-state index in [-0.39, 0.29) is 0 Å². The third-order valence-electron chi connectivity index (χ3n) is 10.6. The zero-order chi connectivity index (χ0) is 34.9. The van der Waals surface area contributed by atoms with E-state index in [4.69, 9.17) is 15.0 Å². The lowest BCUT2D eigenvalue weighted by Crippen LogP contribution is -2.02. The molecule has 0 atom stereocenters. The molecule has 0 amide bonds. The topological polar surface area (TPSA) is 43.6 Å². The molecule has 2 aromatic heterocycles. The van der Waals surface area contributed by atoms with Gasteiger partial charge in [0.2, 0.25) is 0 Å². The summed E-state index contributed by atoms with van der Waals surface area (Å²) in [4.78, 5) is 15.9. The molecule has 0 bridgehead atoms.